The maximum Gasteiger partial charge on any atom is 0.511 e. The maximum absolute atomic E-state index is 13.1. The van der Waals surface area contributed by atoms with Crippen LogP contribution in [0.1, 0.15) is 69.8 Å². The smallest absolute Gasteiger partial charge is 0.335 e. The van der Waals surface area contributed by atoms with E-state index in [-0.39, 0.29) is 22.8 Å². The first-order chi connectivity index (χ1) is 14.0. The molecular formula is C22H31F3N2O3S. The molecule has 1 aromatic rings. The third kappa shape index (κ3) is 4.77. The largest absolute Gasteiger partial charge is 0.511 e. The van der Waals surface area contributed by atoms with E-state index in [4.69, 9.17) is 0 Å². The average Bonchev–Trinajstić information content (AvgIpc) is 2.86. The summed E-state index contributed by atoms with van der Waals surface area (Å²) in [5.74, 6) is -0.0818. The van der Waals surface area contributed by atoms with E-state index in [1.807, 2.05) is 4.90 Å². The molecule has 2 aliphatic rings. The highest BCUT2D eigenvalue weighted by Crippen LogP contribution is 2.52. The second kappa shape index (κ2) is 7.76. The van der Waals surface area contributed by atoms with Gasteiger partial charge in [-0.25, -0.2) is 8.42 Å². The van der Waals surface area contributed by atoms with E-state index in [2.05, 4.69) is 20.8 Å². The van der Waals surface area contributed by atoms with Crippen LogP contribution in [-0.4, -0.2) is 47.7 Å². The van der Waals surface area contributed by atoms with Crippen LogP contribution in [-0.2, 0) is 16.6 Å². The zero-order valence-corrected chi connectivity index (χ0v) is 19.5. The van der Waals surface area contributed by atoms with Crippen LogP contribution in [0.5, 0.6) is 0 Å². The molecule has 0 unspecified atom stereocenters. The van der Waals surface area contributed by atoms with Gasteiger partial charge in [0.2, 0.25) is 0 Å². The Hall–Kier alpha value is -1.61. The monoisotopic (exact) mass is 460 g/mol. The fourth-order valence-electron chi connectivity index (χ4n) is 5.47. The zero-order chi connectivity index (χ0) is 23.4. The van der Waals surface area contributed by atoms with Gasteiger partial charge in [0.25, 0.3) is 5.91 Å². The number of carbonyl (C=O) groups excluding carboxylic acids is 1. The molecule has 2 atom stereocenters. The second-order valence-corrected chi connectivity index (χ2v) is 12.3. The van der Waals surface area contributed by atoms with Crippen molar-refractivity contribution in [1.29, 1.82) is 0 Å². The highest BCUT2D eigenvalue weighted by atomic mass is 32.2. The van der Waals surface area contributed by atoms with Crippen LogP contribution in [0.25, 0.3) is 0 Å². The summed E-state index contributed by atoms with van der Waals surface area (Å²) in [6.45, 7) is 9.77. The highest BCUT2D eigenvalue weighted by molar-refractivity contribution is 7.89. The lowest BCUT2D eigenvalue weighted by atomic mass is 9.65. The number of rotatable bonds is 5. The molecule has 3 rings (SSSR count). The van der Waals surface area contributed by atoms with E-state index in [0.29, 0.717) is 22.0 Å². The fourth-order valence-corrected chi connectivity index (χ4v) is 6.61. The molecular weight excluding hydrogens is 429 g/mol. The van der Waals surface area contributed by atoms with Crippen molar-refractivity contribution in [2.75, 3.05) is 6.54 Å². The zero-order valence-electron chi connectivity index (χ0n) is 18.7. The molecule has 1 saturated carbocycles. The van der Waals surface area contributed by atoms with Crippen molar-refractivity contribution in [2.45, 2.75) is 78.0 Å². The number of likely N-dealkylation sites (tertiary alicyclic amines) is 1. The molecule has 174 valence electrons. The van der Waals surface area contributed by atoms with Gasteiger partial charge in [-0.15, -0.1) is 0 Å². The molecule has 0 N–H and O–H groups in total. The van der Waals surface area contributed by atoms with Crippen molar-refractivity contribution in [1.82, 2.24) is 9.21 Å². The third-order valence-electron chi connectivity index (χ3n) is 6.39. The van der Waals surface area contributed by atoms with E-state index >= 15 is 0 Å². The number of amides is 1. The van der Waals surface area contributed by atoms with E-state index in [0.717, 1.165) is 19.3 Å². The first-order valence-corrected chi connectivity index (χ1v) is 12.0. The Morgan fingerprint density at radius 2 is 1.74 bits per heavy atom. The van der Waals surface area contributed by atoms with Gasteiger partial charge in [0.05, 0.1) is 0 Å². The molecule has 0 spiro atoms. The van der Waals surface area contributed by atoms with Crippen LogP contribution in [0.3, 0.4) is 0 Å². The Kier molecular flexibility index (Phi) is 6.02. The summed E-state index contributed by atoms with van der Waals surface area (Å²) in [6.07, 6.45) is 3.00. The molecule has 2 fully saturated rings. The Balaban J connectivity index is 1.77. The maximum atomic E-state index is 13.1. The summed E-state index contributed by atoms with van der Waals surface area (Å²) in [5, 5.41) is 0. The predicted molar refractivity (Wildman–Crippen MR) is 113 cm³/mol. The van der Waals surface area contributed by atoms with Crippen LogP contribution < -0.4 is 0 Å². The Morgan fingerprint density at radius 1 is 1.16 bits per heavy atom. The van der Waals surface area contributed by atoms with Crippen molar-refractivity contribution in [3.8, 4) is 0 Å². The molecule has 31 heavy (non-hydrogen) atoms. The third-order valence-corrected chi connectivity index (χ3v) is 8.15. The molecule has 1 heterocycles. The fraction of sp³-hybridized carbons (Fsp3) is 0.682. The van der Waals surface area contributed by atoms with Gasteiger partial charge >= 0.3 is 15.5 Å². The summed E-state index contributed by atoms with van der Waals surface area (Å²) >= 11 is 0. The number of sulfonamides is 1. The van der Waals surface area contributed by atoms with E-state index in [9.17, 15) is 26.4 Å². The first kappa shape index (κ1) is 24.0. The van der Waals surface area contributed by atoms with Crippen molar-refractivity contribution >= 4 is 15.9 Å². The number of hydrogen-bond acceptors (Lipinski definition) is 3. The lowest BCUT2D eigenvalue weighted by Crippen LogP contribution is -2.44. The summed E-state index contributed by atoms with van der Waals surface area (Å²) in [5.41, 5.74) is -4.21. The number of benzene rings is 1. The molecule has 1 saturated heterocycles. The van der Waals surface area contributed by atoms with Gasteiger partial charge in [-0.1, -0.05) is 32.9 Å². The van der Waals surface area contributed by atoms with Gasteiger partial charge in [0.1, 0.15) is 0 Å². The van der Waals surface area contributed by atoms with Gasteiger partial charge in [0, 0.05) is 30.7 Å². The van der Waals surface area contributed by atoms with Crippen LogP contribution >= 0.6 is 0 Å². The van der Waals surface area contributed by atoms with E-state index in [1.165, 1.54) is 26.0 Å². The van der Waals surface area contributed by atoms with Crippen LogP contribution in [0, 0.1) is 10.8 Å². The van der Waals surface area contributed by atoms with E-state index in [1.54, 1.807) is 12.1 Å². The van der Waals surface area contributed by atoms with Crippen LogP contribution in [0.2, 0.25) is 0 Å². The molecule has 1 amide bonds. The molecule has 1 aliphatic heterocycles. The minimum absolute atomic E-state index is 0.0818. The van der Waals surface area contributed by atoms with Gasteiger partial charge in [-0.05, 0) is 61.6 Å². The first-order valence-electron chi connectivity index (χ1n) is 10.5. The number of hydrogen-bond donors (Lipinski definition) is 0. The molecule has 1 aromatic carbocycles. The lowest BCUT2D eigenvalue weighted by molar-refractivity contribution is -0.0500. The number of fused-ring (bicyclic) bond motifs is 2. The van der Waals surface area contributed by atoms with Gasteiger partial charge in [0.15, 0.2) is 0 Å². The lowest BCUT2D eigenvalue weighted by Gasteiger charge is -2.39. The number of alkyl halides is 3. The minimum Gasteiger partial charge on any atom is -0.335 e. The topological polar surface area (TPSA) is 57.7 Å². The number of carbonyl (C=O) groups is 1. The number of nitrogens with zero attached hydrogens (tertiary/aromatic N) is 2. The van der Waals surface area contributed by atoms with Crippen molar-refractivity contribution in [2.24, 2.45) is 10.8 Å². The SMILES string of the molecule is CC(C)N(Cc1ccc(C(=O)N2C[C@@]3(C)C[C@@H]2CC(C)(C)C3)cc1)S(=O)(=O)C(F)(F)F. The van der Waals surface area contributed by atoms with Crippen molar-refractivity contribution < 1.29 is 26.4 Å². The van der Waals surface area contributed by atoms with Crippen molar-refractivity contribution in [3.05, 3.63) is 35.4 Å². The van der Waals surface area contributed by atoms with Gasteiger partial charge < -0.3 is 4.90 Å². The summed E-state index contributed by atoms with van der Waals surface area (Å²) in [6, 6.07) is 5.54. The standard InChI is InChI=1S/C22H31F3N2O3S/c1-15(2)27(31(29,30)22(23,24)25)12-16-6-8-17(9-7-16)19(28)26-14-21(5)11-18(26)10-20(3,4)13-21/h6-9,15,18H,10-14H2,1-5H3/t18-,21-/m0/s1. The van der Waals surface area contributed by atoms with Gasteiger partial charge in [-0.3, -0.25) is 4.79 Å². The molecule has 2 bridgehead atoms. The summed E-state index contributed by atoms with van der Waals surface area (Å²) in [4.78, 5) is 15.1. The summed E-state index contributed by atoms with van der Waals surface area (Å²) in [7, 11) is -5.45. The Bertz CT molecular complexity index is 942. The second-order valence-electron chi connectivity index (χ2n) is 10.4. The average molecular weight is 461 g/mol. The minimum atomic E-state index is -5.45. The summed E-state index contributed by atoms with van der Waals surface area (Å²) < 4.78 is 63.2. The predicted octanol–water partition coefficient (Wildman–Crippen LogP) is 4.79. The normalized spacial score (nSPS) is 26.0. The molecule has 5 nitrogen and oxygen atoms in total. The number of halogens is 3. The highest BCUT2D eigenvalue weighted by Gasteiger charge is 2.52. The molecule has 0 aromatic heterocycles. The van der Waals surface area contributed by atoms with E-state index < -0.39 is 28.1 Å². The Labute approximate surface area is 182 Å². The van der Waals surface area contributed by atoms with Crippen LogP contribution in [0.15, 0.2) is 24.3 Å². The van der Waals surface area contributed by atoms with Crippen LogP contribution in [0.4, 0.5) is 13.2 Å². The Morgan fingerprint density at radius 3 is 2.26 bits per heavy atom. The quantitative estimate of drug-likeness (QED) is 0.635. The van der Waals surface area contributed by atoms with Gasteiger partial charge in [-0.2, -0.15) is 17.5 Å². The molecule has 9 heteroatoms. The molecule has 0 radical (unpaired) electrons. The van der Waals surface area contributed by atoms with Crippen molar-refractivity contribution in [3.63, 3.8) is 0 Å². The molecule has 1 aliphatic carbocycles.